The first-order chi connectivity index (χ1) is 5.13. The van der Waals surface area contributed by atoms with Gasteiger partial charge in [0.25, 0.3) is 5.15 Å². The molecule has 5 heteroatoms. The van der Waals surface area contributed by atoms with Crippen molar-refractivity contribution in [3.8, 4) is 5.75 Å². The molecule has 1 aromatic carbocycles. The number of nitrogens with zero attached hydrogens (tertiary/aromatic N) is 1. The van der Waals surface area contributed by atoms with E-state index in [2.05, 4.69) is 0 Å². The number of rotatable bonds is 0. The Hall–Kier alpha value is -1.65. The highest BCUT2D eigenvalue weighted by molar-refractivity contribution is 5.18. The lowest BCUT2D eigenvalue weighted by Gasteiger charge is -1.82. The van der Waals surface area contributed by atoms with Gasteiger partial charge >= 0.3 is 0 Å². The van der Waals surface area contributed by atoms with Crippen molar-refractivity contribution in [3.05, 3.63) is 40.4 Å². The minimum atomic E-state index is -2.00. The average Bonchev–Trinajstić information content (AvgIpc) is 1.87. The van der Waals surface area contributed by atoms with Crippen molar-refractivity contribution >= 4 is 0 Å². The average molecular weight is 159 g/mol. The Morgan fingerprint density at radius 2 is 1.73 bits per heavy atom. The number of aromatic hydroxyl groups is 1. The van der Waals surface area contributed by atoms with Crippen molar-refractivity contribution in [2.75, 3.05) is 0 Å². The summed E-state index contributed by atoms with van der Waals surface area (Å²) in [5.41, 5.74) is 0. The molecule has 11 heavy (non-hydrogen) atoms. The first-order valence-electron chi connectivity index (χ1n) is 2.67. The standard InChI is InChI=1S/C6H6O.FNO2/c7-6-4-2-1-3-5-6;1-2(3)4/h1-5,7H;. The SMILES string of the molecule is O=[N+]([O-])F.Oc1ccccc1. The number of phenols is 1. The van der Waals surface area contributed by atoms with E-state index < -0.39 is 5.15 Å². The van der Waals surface area contributed by atoms with Crippen molar-refractivity contribution in [1.82, 2.24) is 0 Å². The Bertz CT molecular complexity index is 210. The van der Waals surface area contributed by atoms with E-state index in [-0.39, 0.29) is 0 Å². The third kappa shape index (κ3) is 8.35. The lowest BCUT2D eigenvalue weighted by atomic mass is 10.3. The number of benzene rings is 1. The van der Waals surface area contributed by atoms with E-state index in [9.17, 15) is 4.48 Å². The molecule has 0 bridgehead atoms. The van der Waals surface area contributed by atoms with Crippen LogP contribution in [-0.2, 0) is 0 Å². The van der Waals surface area contributed by atoms with Crippen molar-refractivity contribution in [1.29, 1.82) is 0 Å². The van der Waals surface area contributed by atoms with E-state index in [1.807, 2.05) is 6.07 Å². The Labute approximate surface area is 62.0 Å². The van der Waals surface area contributed by atoms with E-state index in [0.717, 1.165) is 0 Å². The van der Waals surface area contributed by atoms with Crippen LogP contribution in [0.5, 0.6) is 5.75 Å². The van der Waals surface area contributed by atoms with Gasteiger partial charge in [-0.15, -0.1) is 0 Å². The fraction of sp³-hybridized carbons (Fsp3) is 0. The number of para-hydroxylation sites is 1. The van der Waals surface area contributed by atoms with Crippen LogP contribution in [0.1, 0.15) is 0 Å². The maximum Gasteiger partial charge on any atom is 0.279 e. The lowest BCUT2D eigenvalue weighted by molar-refractivity contribution is -0.672. The minimum absolute atomic E-state index is 0.322. The zero-order valence-corrected chi connectivity index (χ0v) is 5.48. The molecule has 0 aromatic heterocycles. The van der Waals surface area contributed by atoms with Gasteiger partial charge in [0.1, 0.15) is 5.75 Å². The van der Waals surface area contributed by atoms with E-state index in [4.69, 9.17) is 15.2 Å². The summed E-state index contributed by atoms with van der Waals surface area (Å²) in [5, 5.41) is 14.8. The van der Waals surface area contributed by atoms with Crippen LogP contribution in [0.25, 0.3) is 0 Å². The predicted octanol–water partition coefficient (Wildman–Crippen LogP) is 1.54. The second-order valence-corrected chi connectivity index (χ2v) is 1.55. The van der Waals surface area contributed by atoms with Crippen LogP contribution >= 0.6 is 0 Å². The highest BCUT2D eigenvalue weighted by Crippen LogP contribution is 2.02. The minimum Gasteiger partial charge on any atom is -0.508 e. The van der Waals surface area contributed by atoms with Crippen molar-refractivity contribution < 1.29 is 14.7 Å². The molecule has 0 amide bonds. The summed E-state index contributed by atoms with van der Waals surface area (Å²) in [4.78, 5) is 8.14. The molecule has 1 aromatic rings. The number of phenolic OH excluding ortho intramolecular Hbond substituents is 1. The molecule has 0 atom stereocenters. The van der Waals surface area contributed by atoms with Gasteiger partial charge in [-0.3, -0.25) is 0 Å². The second kappa shape index (κ2) is 5.16. The monoisotopic (exact) mass is 159 g/mol. The molecule has 0 saturated heterocycles. The number of hydrogen-bond donors (Lipinski definition) is 1. The molecule has 0 spiro atoms. The lowest BCUT2D eigenvalue weighted by Crippen LogP contribution is -1.69. The summed E-state index contributed by atoms with van der Waals surface area (Å²) in [7, 11) is 0. The number of halogens is 1. The fourth-order valence-electron chi connectivity index (χ4n) is 0.428. The Balaban J connectivity index is 0.000000218. The van der Waals surface area contributed by atoms with Gasteiger partial charge in [-0.25, -0.2) is 10.1 Å². The molecule has 0 saturated carbocycles. The van der Waals surface area contributed by atoms with E-state index in [0.29, 0.717) is 5.75 Å². The molecule has 60 valence electrons. The maximum atomic E-state index is 9.72. The quantitative estimate of drug-likeness (QED) is 0.354. The molecule has 1 rings (SSSR count). The van der Waals surface area contributed by atoms with Crippen LogP contribution in [0.15, 0.2) is 30.3 Å². The molecule has 0 aliphatic rings. The van der Waals surface area contributed by atoms with Crippen molar-refractivity contribution in [2.45, 2.75) is 0 Å². The molecule has 0 fully saturated rings. The van der Waals surface area contributed by atoms with Crippen molar-refractivity contribution in [2.24, 2.45) is 0 Å². The molecule has 0 unspecified atom stereocenters. The van der Waals surface area contributed by atoms with Gasteiger partial charge in [0.05, 0.1) is 0 Å². The summed E-state index contributed by atoms with van der Waals surface area (Å²) in [6.45, 7) is 0. The van der Waals surface area contributed by atoms with Gasteiger partial charge in [0.2, 0.25) is 0 Å². The van der Waals surface area contributed by atoms with E-state index in [1.165, 1.54) is 0 Å². The van der Waals surface area contributed by atoms with Crippen LogP contribution in [0, 0.1) is 10.1 Å². The highest BCUT2D eigenvalue weighted by Gasteiger charge is 1.74. The van der Waals surface area contributed by atoms with Crippen LogP contribution in [-0.4, -0.2) is 10.3 Å². The summed E-state index contributed by atoms with van der Waals surface area (Å²) in [6.07, 6.45) is 0. The first kappa shape index (κ1) is 9.35. The molecule has 0 radical (unpaired) electrons. The topological polar surface area (TPSA) is 63.4 Å². The molecule has 0 aliphatic carbocycles. The smallest absolute Gasteiger partial charge is 0.279 e. The van der Waals surface area contributed by atoms with Gasteiger partial charge in [0.15, 0.2) is 4.48 Å². The third-order valence-electron chi connectivity index (χ3n) is 0.756. The van der Waals surface area contributed by atoms with E-state index >= 15 is 0 Å². The van der Waals surface area contributed by atoms with Crippen LogP contribution in [0.2, 0.25) is 0 Å². The largest absolute Gasteiger partial charge is 0.508 e. The van der Waals surface area contributed by atoms with Crippen LogP contribution in [0.4, 0.5) is 4.48 Å². The van der Waals surface area contributed by atoms with Gasteiger partial charge in [-0.05, 0) is 12.1 Å². The number of hydrogen-bond acceptors (Lipinski definition) is 3. The highest BCUT2D eigenvalue weighted by atomic mass is 19.2. The predicted molar refractivity (Wildman–Crippen MR) is 36.2 cm³/mol. The first-order valence-corrected chi connectivity index (χ1v) is 2.67. The Morgan fingerprint density at radius 3 is 1.91 bits per heavy atom. The summed E-state index contributed by atoms with van der Waals surface area (Å²) in [6, 6.07) is 8.71. The normalized spacial score (nSPS) is 7.73. The van der Waals surface area contributed by atoms with Gasteiger partial charge in [-0.2, -0.15) is 0 Å². The zero-order valence-electron chi connectivity index (χ0n) is 5.48. The third-order valence-corrected chi connectivity index (χ3v) is 0.756. The zero-order chi connectivity index (χ0) is 8.69. The fourth-order valence-corrected chi connectivity index (χ4v) is 0.428. The summed E-state index contributed by atoms with van der Waals surface area (Å²) < 4.78 is 9.72. The summed E-state index contributed by atoms with van der Waals surface area (Å²) in [5.74, 6) is 0.322. The Kier molecular flexibility index (Phi) is 4.39. The van der Waals surface area contributed by atoms with Crippen molar-refractivity contribution in [3.63, 3.8) is 0 Å². The Morgan fingerprint density at radius 1 is 1.36 bits per heavy atom. The molecular formula is C6H6FNO3. The molecule has 1 N–H and O–H groups in total. The number of nitro groups is 1. The summed E-state index contributed by atoms with van der Waals surface area (Å²) >= 11 is 0. The molecule has 0 heterocycles. The maximum absolute atomic E-state index is 9.72. The van der Waals surface area contributed by atoms with Gasteiger partial charge in [-0.1, -0.05) is 18.2 Å². The van der Waals surface area contributed by atoms with Crippen LogP contribution < -0.4 is 0 Å². The van der Waals surface area contributed by atoms with Gasteiger partial charge in [0, 0.05) is 0 Å². The van der Waals surface area contributed by atoms with Crippen LogP contribution in [0.3, 0.4) is 0 Å². The van der Waals surface area contributed by atoms with E-state index in [1.54, 1.807) is 24.3 Å². The molecule has 0 aliphatic heterocycles. The molecule has 4 nitrogen and oxygen atoms in total. The molecular weight excluding hydrogens is 153 g/mol. The second-order valence-electron chi connectivity index (χ2n) is 1.55. The van der Waals surface area contributed by atoms with Gasteiger partial charge < -0.3 is 5.11 Å².